The highest BCUT2D eigenvalue weighted by molar-refractivity contribution is 7.90. The number of sulfonamides is 2. The van der Waals surface area contributed by atoms with Crippen LogP contribution in [0.1, 0.15) is 25.8 Å². The molecule has 0 unspecified atom stereocenters. The second-order valence-corrected chi connectivity index (χ2v) is 10.3. The molecule has 1 aliphatic heterocycles. The first kappa shape index (κ1) is 22.9. The molecule has 0 aliphatic carbocycles. The van der Waals surface area contributed by atoms with E-state index in [1.165, 1.54) is 22.5 Å². The van der Waals surface area contributed by atoms with E-state index in [1.807, 2.05) is 0 Å². The summed E-state index contributed by atoms with van der Waals surface area (Å²) in [7, 11) is -7.26. The summed E-state index contributed by atoms with van der Waals surface area (Å²) in [5, 5.41) is 2.66. The fraction of sp³-hybridized carbons (Fsp3) is 0.300. The molecule has 31 heavy (non-hydrogen) atoms. The number of aliphatic imine (C=N–C) groups is 1. The highest BCUT2D eigenvalue weighted by Gasteiger charge is 2.30. The molecule has 0 saturated carbocycles. The third-order valence-electron chi connectivity index (χ3n) is 4.73. The quantitative estimate of drug-likeness (QED) is 0.616. The minimum Gasteiger partial charge on any atom is -0.326 e. The van der Waals surface area contributed by atoms with E-state index in [-0.39, 0.29) is 34.5 Å². The maximum Gasteiger partial charge on any atom is 0.263 e. The highest BCUT2D eigenvalue weighted by Crippen LogP contribution is 2.22. The molecule has 0 saturated heterocycles. The van der Waals surface area contributed by atoms with Crippen molar-refractivity contribution >= 4 is 37.5 Å². The van der Waals surface area contributed by atoms with Crippen LogP contribution in [0.15, 0.2) is 63.3 Å². The Hall–Kier alpha value is -2.76. The molecule has 2 aromatic carbocycles. The third kappa shape index (κ3) is 4.94. The molecule has 0 radical (unpaired) electrons. The SMILES string of the molecule is CCN(CC)S(=O)(=O)c1cccc(NC(=O)CCN=C2NS(=O)(=O)c3ccccc32)c1. The van der Waals surface area contributed by atoms with Gasteiger partial charge in [0.05, 0.1) is 16.3 Å². The van der Waals surface area contributed by atoms with Crippen molar-refractivity contribution in [2.24, 2.45) is 4.99 Å². The third-order valence-corrected chi connectivity index (χ3v) is 8.18. The van der Waals surface area contributed by atoms with Crippen LogP contribution < -0.4 is 10.0 Å². The lowest BCUT2D eigenvalue weighted by atomic mass is 10.2. The summed E-state index contributed by atoms with van der Waals surface area (Å²) in [5.74, 6) is -0.161. The molecule has 166 valence electrons. The molecule has 0 spiro atoms. The fourth-order valence-electron chi connectivity index (χ4n) is 3.19. The van der Waals surface area contributed by atoms with Crippen molar-refractivity contribution in [2.75, 3.05) is 25.0 Å². The minimum absolute atomic E-state index is 0.000414. The molecule has 1 heterocycles. The predicted octanol–water partition coefficient (Wildman–Crippen LogP) is 1.78. The molecule has 11 heteroatoms. The Morgan fingerprint density at radius 2 is 1.81 bits per heavy atom. The van der Waals surface area contributed by atoms with Gasteiger partial charge in [0.2, 0.25) is 15.9 Å². The van der Waals surface area contributed by atoms with Gasteiger partial charge in [-0.2, -0.15) is 4.31 Å². The first-order valence-corrected chi connectivity index (χ1v) is 12.7. The Kier molecular flexibility index (Phi) is 6.77. The zero-order valence-electron chi connectivity index (χ0n) is 17.2. The van der Waals surface area contributed by atoms with Crippen molar-refractivity contribution in [3.63, 3.8) is 0 Å². The second kappa shape index (κ2) is 9.16. The number of nitrogens with zero attached hydrogens (tertiary/aromatic N) is 2. The van der Waals surface area contributed by atoms with Crippen LogP contribution in [0.3, 0.4) is 0 Å². The van der Waals surface area contributed by atoms with Gasteiger partial charge < -0.3 is 5.32 Å². The molecule has 1 aliphatic rings. The van der Waals surface area contributed by atoms with E-state index < -0.39 is 20.0 Å². The summed E-state index contributed by atoms with van der Waals surface area (Å²) < 4.78 is 53.2. The fourth-order valence-corrected chi connectivity index (χ4v) is 5.95. The lowest BCUT2D eigenvalue weighted by Crippen LogP contribution is -2.30. The second-order valence-electron chi connectivity index (χ2n) is 6.75. The summed E-state index contributed by atoms with van der Waals surface area (Å²) in [6.07, 6.45) is 0.000414. The van der Waals surface area contributed by atoms with Gasteiger partial charge in [-0.05, 0) is 30.3 Å². The van der Waals surface area contributed by atoms with Crippen LogP contribution in [0.25, 0.3) is 0 Å². The maximum absolute atomic E-state index is 12.6. The first-order valence-electron chi connectivity index (χ1n) is 9.75. The van der Waals surface area contributed by atoms with Gasteiger partial charge in [0.15, 0.2) is 0 Å². The molecule has 0 fully saturated rings. The van der Waals surface area contributed by atoms with Crippen molar-refractivity contribution in [1.29, 1.82) is 0 Å². The molecule has 0 aromatic heterocycles. The molecular formula is C20H24N4O5S2. The Bertz CT molecular complexity index is 1220. The van der Waals surface area contributed by atoms with E-state index in [2.05, 4.69) is 15.0 Å². The zero-order valence-corrected chi connectivity index (χ0v) is 18.8. The van der Waals surface area contributed by atoms with Gasteiger partial charge >= 0.3 is 0 Å². The van der Waals surface area contributed by atoms with Crippen LogP contribution >= 0.6 is 0 Å². The standard InChI is InChI=1S/C20H24N4O5S2/c1-3-24(4-2)31(28,29)16-9-7-8-15(14-16)22-19(25)12-13-21-20-17-10-5-6-11-18(17)30(26,27)23-20/h5-11,14H,3-4,12-13H2,1-2H3,(H,21,23)(H,22,25). The predicted molar refractivity (Wildman–Crippen MR) is 118 cm³/mol. The largest absolute Gasteiger partial charge is 0.326 e. The number of fused-ring (bicyclic) bond motifs is 1. The number of amidine groups is 1. The Morgan fingerprint density at radius 1 is 1.10 bits per heavy atom. The molecule has 1 amide bonds. The van der Waals surface area contributed by atoms with Crippen molar-refractivity contribution < 1.29 is 21.6 Å². The maximum atomic E-state index is 12.6. The number of carbonyl (C=O) groups excluding carboxylic acids is 1. The molecule has 9 nitrogen and oxygen atoms in total. The van der Waals surface area contributed by atoms with Gasteiger partial charge in [0.25, 0.3) is 10.0 Å². The van der Waals surface area contributed by atoms with E-state index in [0.29, 0.717) is 24.3 Å². The van der Waals surface area contributed by atoms with Crippen LogP contribution in [-0.2, 0) is 24.8 Å². The summed E-state index contributed by atoms with van der Waals surface area (Å²) in [6.45, 7) is 4.29. The number of rotatable bonds is 8. The molecule has 2 N–H and O–H groups in total. The van der Waals surface area contributed by atoms with Crippen LogP contribution in [0.2, 0.25) is 0 Å². The van der Waals surface area contributed by atoms with Gasteiger partial charge in [0.1, 0.15) is 5.84 Å². The van der Waals surface area contributed by atoms with E-state index in [0.717, 1.165) is 0 Å². The number of nitrogens with one attached hydrogen (secondary N) is 2. The molecule has 3 rings (SSSR count). The zero-order chi connectivity index (χ0) is 22.6. The Morgan fingerprint density at radius 3 is 2.52 bits per heavy atom. The lowest BCUT2D eigenvalue weighted by molar-refractivity contribution is -0.116. The topological polar surface area (TPSA) is 125 Å². The van der Waals surface area contributed by atoms with Gasteiger partial charge in [-0.3, -0.25) is 14.5 Å². The number of carbonyl (C=O) groups is 1. The molecule has 2 aromatic rings. The number of anilines is 1. The van der Waals surface area contributed by atoms with E-state index in [1.54, 1.807) is 44.2 Å². The average molecular weight is 465 g/mol. The number of hydrogen-bond acceptors (Lipinski definition) is 6. The first-order chi connectivity index (χ1) is 14.7. The van der Waals surface area contributed by atoms with E-state index in [9.17, 15) is 21.6 Å². The Labute approximate surface area is 182 Å². The van der Waals surface area contributed by atoms with Crippen molar-refractivity contribution in [2.45, 2.75) is 30.1 Å². The highest BCUT2D eigenvalue weighted by atomic mass is 32.2. The number of hydrogen-bond donors (Lipinski definition) is 2. The van der Waals surface area contributed by atoms with Gasteiger partial charge in [-0.15, -0.1) is 0 Å². The summed E-state index contributed by atoms with van der Waals surface area (Å²) in [6, 6.07) is 12.5. The average Bonchev–Trinajstić information content (AvgIpc) is 2.99. The van der Waals surface area contributed by atoms with Gasteiger partial charge in [0, 0.05) is 30.8 Å². The number of amides is 1. The summed E-state index contributed by atoms with van der Waals surface area (Å²) in [5.41, 5.74) is 0.829. The smallest absolute Gasteiger partial charge is 0.263 e. The van der Waals surface area contributed by atoms with Crippen LogP contribution in [0.5, 0.6) is 0 Å². The normalized spacial score (nSPS) is 16.2. The number of benzene rings is 2. The van der Waals surface area contributed by atoms with Crippen molar-refractivity contribution in [3.05, 3.63) is 54.1 Å². The van der Waals surface area contributed by atoms with Gasteiger partial charge in [-0.1, -0.05) is 32.0 Å². The van der Waals surface area contributed by atoms with Gasteiger partial charge in [-0.25, -0.2) is 16.8 Å². The lowest BCUT2D eigenvalue weighted by Gasteiger charge is -2.18. The Balaban J connectivity index is 1.66. The molecule has 0 bridgehead atoms. The molecule has 0 atom stereocenters. The summed E-state index contributed by atoms with van der Waals surface area (Å²) >= 11 is 0. The van der Waals surface area contributed by atoms with Crippen LogP contribution in [-0.4, -0.2) is 52.5 Å². The van der Waals surface area contributed by atoms with Crippen molar-refractivity contribution in [1.82, 2.24) is 9.03 Å². The van der Waals surface area contributed by atoms with E-state index >= 15 is 0 Å². The van der Waals surface area contributed by atoms with Crippen molar-refractivity contribution in [3.8, 4) is 0 Å². The summed E-state index contributed by atoms with van der Waals surface area (Å²) in [4.78, 5) is 16.8. The minimum atomic E-state index is -3.63. The van der Waals surface area contributed by atoms with E-state index in [4.69, 9.17) is 0 Å². The van der Waals surface area contributed by atoms with Crippen LogP contribution in [0, 0.1) is 0 Å². The van der Waals surface area contributed by atoms with Crippen LogP contribution in [0.4, 0.5) is 5.69 Å². The monoisotopic (exact) mass is 464 g/mol. The molecular weight excluding hydrogens is 440 g/mol.